The molecule has 1 aromatic carbocycles. The lowest BCUT2D eigenvalue weighted by Gasteiger charge is -2.35. The Morgan fingerprint density at radius 2 is 1.92 bits per heavy atom. The zero-order valence-corrected chi connectivity index (χ0v) is 14.5. The van der Waals surface area contributed by atoms with Crippen molar-refractivity contribution in [2.24, 2.45) is 0 Å². The molecule has 134 valence electrons. The Balaban J connectivity index is 1.51. The number of benzene rings is 1. The first-order chi connectivity index (χ1) is 12.0. The minimum Gasteiger partial charge on any atom is -0.368 e. The molecular formula is C18H20ClFN2O3. The standard InChI is InChI=1S/C18H20ClFN2O3/c19-14-12-13(3-5-15(14)20)4-6-17(23)21-7-9-22(10-8-21)18(24)16-2-1-11-25-16/h3-6,12,16H,1-2,7-11H2/b6-4+/t16-/m1/s1. The maximum Gasteiger partial charge on any atom is 0.251 e. The van der Waals surface area contributed by atoms with E-state index >= 15 is 0 Å². The van der Waals surface area contributed by atoms with Crippen molar-refractivity contribution in [3.63, 3.8) is 0 Å². The number of hydrogen-bond donors (Lipinski definition) is 0. The van der Waals surface area contributed by atoms with Gasteiger partial charge >= 0.3 is 0 Å². The van der Waals surface area contributed by atoms with Crippen molar-refractivity contribution in [3.8, 4) is 0 Å². The molecule has 1 aromatic rings. The second kappa shape index (κ2) is 7.97. The zero-order valence-electron chi connectivity index (χ0n) is 13.8. The minimum absolute atomic E-state index is 0.0239. The van der Waals surface area contributed by atoms with Crippen LogP contribution in [0.1, 0.15) is 18.4 Å². The van der Waals surface area contributed by atoms with Crippen LogP contribution in [0.2, 0.25) is 5.02 Å². The number of hydrogen-bond acceptors (Lipinski definition) is 3. The normalized spacial score (nSPS) is 21.1. The molecule has 0 aliphatic carbocycles. The summed E-state index contributed by atoms with van der Waals surface area (Å²) in [6.45, 7) is 2.66. The lowest BCUT2D eigenvalue weighted by Crippen LogP contribution is -2.52. The first-order valence-corrected chi connectivity index (χ1v) is 8.75. The van der Waals surface area contributed by atoms with Crippen LogP contribution in [0.3, 0.4) is 0 Å². The summed E-state index contributed by atoms with van der Waals surface area (Å²) < 4.78 is 18.6. The van der Waals surface area contributed by atoms with Gasteiger partial charge in [0.15, 0.2) is 0 Å². The number of rotatable bonds is 3. The van der Waals surface area contributed by atoms with Crippen LogP contribution in [0.25, 0.3) is 6.08 Å². The highest BCUT2D eigenvalue weighted by atomic mass is 35.5. The highest BCUT2D eigenvalue weighted by Gasteiger charge is 2.30. The molecule has 0 spiro atoms. The van der Waals surface area contributed by atoms with Crippen molar-refractivity contribution in [3.05, 3.63) is 40.7 Å². The predicted octanol–water partition coefficient (Wildman–Crippen LogP) is 2.34. The van der Waals surface area contributed by atoms with Gasteiger partial charge in [0, 0.05) is 38.9 Å². The topological polar surface area (TPSA) is 49.9 Å². The number of carbonyl (C=O) groups is 2. The quantitative estimate of drug-likeness (QED) is 0.771. The van der Waals surface area contributed by atoms with Crippen molar-refractivity contribution in [2.45, 2.75) is 18.9 Å². The van der Waals surface area contributed by atoms with Crippen molar-refractivity contribution in [1.29, 1.82) is 0 Å². The largest absolute Gasteiger partial charge is 0.368 e. The Morgan fingerprint density at radius 1 is 1.20 bits per heavy atom. The number of piperazine rings is 1. The van der Waals surface area contributed by atoms with Gasteiger partial charge in [0.05, 0.1) is 5.02 Å². The molecule has 0 bridgehead atoms. The van der Waals surface area contributed by atoms with E-state index in [1.165, 1.54) is 18.2 Å². The molecule has 2 aliphatic heterocycles. The number of carbonyl (C=O) groups excluding carboxylic acids is 2. The summed E-state index contributed by atoms with van der Waals surface area (Å²) in [7, 11) is 0. The van der Waals surface area contributed by atoms with E-state index in [-0.39, 0.29) is 22.9 Å². The average Bonchev–Trinajstić information content (AvgIpc) is 3.16. The second-order valence-electron chi connectivity index (χ2n) is 6.16. The molecule has 7 heteroatoms. The van der Waals surface area contributed by atoms with Crippen LogP contribution in [0.5, 0.6) is 0 Å². The van der Waals surface area contributed by atoms with E-state index in [0.717, 1.165) is 12.8 Å². The molecule has 1 atom stereocenters. The van der Waals surface area contributed by atoms with Gasteiger partial charge in [-0.15, -0.1) is 0 Å². The third-order valence-corrected chi connectivity index (χ3v) is 4.76. The SMILES string of the molecule is O=C(/C=C/c1ccc(F)c(Cl)c1)N1CCN(C(=O)[C@H]2CCCO2)CC1. The Morgan fingerprint density at radius 3 is 2.56 bits per heavy atom. The van der Waals surface area contributed by atoms with E-state index in [2.05, 4.69) is 0 Å². The molecule has 0 aromatic heterocycles. The van der Waals surface area contributed by atoms with Gasteiger partial charge in [-0.05, 0) is 36.6 Å². The van der Waals surface area contributed by atoms with E-state index in [0.29, 0.717) is 38.3 Å². The maximum atomic E-state index is 13.1. The van der Waals surface area contributed by atoms with Gasteiger partial charge in [-0.3, -0.25) is 9.59 Å². The fourth-order valence-electron chi connectivity index (χ4n) is 3.01. The fraction of sp³-hybridized carbons (Fsp3) is 0.444. The molecule has 2 fully saturated rings. The van der Waals surface area contributed by atoms with Crippen LogP contribution < -0.4 is 0 Å². The third-order valence-electron chi connectivity index (χ3n) is 4.47. The molecule has 25 heavy (non-hydrogen) atoms. The van der Waals surface area contributed by atoms with E-state index in [1.54, 1.807) is 21.9 Å². The average molecular weight is 367 g/mol. The minimum atomic E-state index is -0.489. The summed E-state index contributed by atoms with van der Waals surface area (Å²) in [5.74, 6) is -0.595. The van der Waals surface area contributed by atoms with Crippen LogP contribution in [-0.2, 0) is 14.3 Å². The van der Waals surface area contributed by atoms with Gasteiger partial charge in [-0.25, -0.2) is 4.39 Å². The van der Waals surface area contributed by atoms with E-state index in [1.807, 2.05) is 0 Å². The van der Waals surface area contributed by atoms with Crippen LogP contribution in [0, 0.1) is 5.82 Å². The van der Waals surface area contributed by atoms with Crippen molar-refractivity contribution >= 4 is 29.5 Å². The van der Waals surface area contributed by atoms with Gasteiger partial charge in [-0.1, -0.05) is 17.7 Å². The number of amides is 2. The molecule has 2 saturated heterocycles. The predicted molar refractivity (Wildman–Crippen MR) is 92.6 cm³/mol. The smallest absolute Gasteiger partial charge is 0.251 e. The molecule has 5 nitrogen and oxygen atoms in total. The summed E-state index contributed by atoms with van der Waals surface area (Å²) >= 11 is 5.73. The fourth-order valence-corrected chi connectivity index (χ4v) is 3.20. The molecule has 0 radical (unpaired) electrons. The summed E-state index contributed by atoms with van der Waals surface area (Å²) in [5, 5.41) is 0.0239. The first kappa shape index (κ1) is 17.9. The van der Waals surface area contributed by atoms with Gasteiger partial charge in [0.25, 0.3) is 5.91 Å². The lowest BCUT2D eigenvalue weighted by atomic mass is 10.2. The van der Waals surface area contributed by atoms with Crippen LogP contribution >= 0.6 is 11.6 Å². The summed E-state index contributed by atoms with van der Waals surface area (Å²) in [6, 6.07) is 4.30. The van der Waals surface area contributed by atoms with E-state index in [4.69, 9.17) is 16.3 Å². The molecule has 0 saturated carbocycles. The van der Waals surface area contributed by atoms with E-state index < -0.39 is 5.82 Å². The number of nitrogens with zero attached hydrogens (tertiary/aromatic N) is 2. The van der Waals surface area contributed by atoms with Gasteiger partial charge in [0.2, 0.25) is 5.91 Å². The highest BCUT2D eigenvalue weighted by molar-refractivity contribution is 6.30. The highest BCUT2D eigenvalue weighted by Crippen LogP contribution is 2.18. The van der Waals surface area contributed by atoms with E-state index in [9.17, 15) is 14.0 Å². The number of halogens is 2. The molecule has 2 amide bonds. The monoisotopic (exact) mass is 366 g/mol. The first-order valence-electron chi connectivity index (χ1n) is 8.37. The van der Waals surface area contributed by atoms with Crippen LogP contribution in [-0.4, -0.2) is 60.5 Å². The Kier molecular flexibility index (Phi) is 5.71. The van der Waals surface area contributed by atoms with Gasteiger partial charge < -0.3 is 14.5 Å². The van der Waals surface area contributed by atoms with Crippen molar-refractivity contribution < 1.29 is 18.7 Å². The third kappa shape index (κ3) is 4.38. The molecule has 2 aliphatic rings. The van der Waals surface area contributed by atoms with Crippen LogP contribution in [0.15, 0.2) is 24.3 Å². The zero-order chi connectivity index (χ0) is 17.8. The summed E-state index contributed by atoms with van der Waals surface area (Å²) in [4.78, 5) is 28.0. The van der Waals surface area contributed by atoms with Gasteiger partial charge in [-0.2, -0.15) is 0 Å². The van der Waals surface area contributed by atoms with Crippen LogP contribution in [0.4, 0.5) is 4.39 Å². The van der Waals surface area contributed by atoms with Crippen molar-refractivity contribution in [1.82, 2.24) is 9.80 Å². The maximum absolute atomic E-state index is 13.1. The Labute approximate surface area is 151 Å². The summed E-state index contributed by atoms with van der Waals surface area (Å²) in [6.07, 6.45) is 4.44. The molecule has 3 rings (SSSR count). The number of ether oxygens (including phenoxy) is 1. The van der Waals surface area contributed by atoms with Crippen molar-refractivity contribution in [2.75, 3.05) is 32.8 Å². The second-order valence-corrected chi connectivity index (χ2v) is 6.57. The molecule has 0 unspecified atom stereocenters. The van der Waals surface area contributed by atoms with Gasteiger partial charge in [0.1, 0.15) is 11.9 Å². The summed E-state index contributed by atoms with van der Waals surface area (Å²) in [5.41, 5.74) is 0.659. The molecule has 2 heterocycles. The Bertz CT molecular complexity index is 681. The molecular weight excluding hydrogens is 347 g/mol. The lowest BCUT2D eigenvalue weighted by molar-refractivity contribution is -0.144. The Hall–Kier alpha value is -1.92. The molecule has 0 N–H and O–H groups in total.